The molecule has 1 aromatic carbocycles. The molecule has 0 spiro atoms. The van der Waals surface area contributed by atoms with E-state index >= 15 is 0 Å². The number of anilines is 2. The van der Waals surface area contributed by atoms with Crippen LogP contribution in [0.15, 0.2) is 16.6 Å². The van der Waals surface area contributed by atoms with Crippen LogP contribution in [0.25, 0.3) is 0 Å². The smallest absolute Gasteiger partial charge is 0.228 e. The topological polar surface area (TPSA) is 55.1 Å². The molecule has 3 nitrogen and oxygen atoms in total. The van der Waals surface area contributed by atoms with Gasteiger partial charge in [0.15, 0.2) is 0 Å². The maximum absolute atomic E-state index is 12.5. The lowest BCUT2D eigenvalue weighted by Gasteiger charge is -2.13. The maximum Gasteiger partial charge on any atom is 0.228 e. The molecular weight excluding hydrogens is 316 g/mol. The van der Waals surface area contributed by atoms with Crippen molar-refractivity contribution in [3.8, 4) is 0 Å². The monoisotopic (exact) mass is 334 g/mol. The minimum atomic E-state index is 0.181. The highest BCUT2D eigenvalue weighted by atomic mass is 79.9. The van der Waals surface area contributed by atoms with Gasteiger partial charge in [-0.25, -0.2) is 0 Å². The number of carbonyl (C=O) groups is 1. The highest BCUT2D eigenvalue weighted by Crippen LogP contribution is 2.69. The molecule has 0 aromatic heterocycles. The van der Waals surface area contributed by atoms with Gasteiger partial charge in [0.25, 0.3) is 0 Å². The predicted octanol–water partition coefficient (Wildman–Crippen LogP) is 3.57. The van der Waals surface area contributed by atoms with Crippen LogP contribution >= 0.6 is 15.9 Å². The van der Waals surface area contributed by atoms with Crippen molar-refractivity contribution in [1.29, 1.82) is 0 Å². The van der Waals surface area contributed by atoms with Crippen LogP contribution in [0.5, 0.6) is 0 Å². The Morgan fingerprint density at radius 2 is 1.95 bits per heavy atom. The Labute approximate surface area is 127 Å². The summed E-state index contributed by atoms with van der Waals surface area (Å²) < 4.78 is 0.954. The van der Waals surface area contributed by atoms with Crippen molar-refractivity contribution < 1.29 is 4.79 Å². The Hall–Kier alpha value is -1.03. The van der Waals surface area contributed by atoms with E-state index in [9.17, 15) is 4.79 Å². The maximum atomic E-state index is 12.5. The molecule has 1 amide bonds. The van der Waals surface area contributed by atoms with Crippen LogP contribution < -0.4 is 11.1 Å². The summed E-state index contributed by atoms with van der Waals surface area (Å²) in [5, 5.41) is 3.06. The standard InChI is InChI=1S/C16H19BrN2O/c1-7-4-10(17)6-11(15(7)18)19-16(20)14-12-8-2-3-9(5-8)13(12)14/h4,6,8-9,12-14H,2-3,5,18H2,1H3,(H,19,20). The molecule has 3 aliphatic rings. The molecule has 4 unspecified atom stereocenters. The van der Waals surface area contributed by atoms with E-state index in [1.165, 1.54) is 19.3 Å². The number of fused-ring (bicyclic) bond motifs is 5. The van der Waals surface area contributed by atoms with Crippen molar-refractivity contribution in [2.45, 2.75) is 26.2 Å². The van der Waals surface area contributed by atoms with Crippen LogP contribution in [-0.4, -0.2) is 5.91 Å². The van der Waals surface area contributed by atoms with E-state index in [0.717, 1.165) is 27.6 Å². The summed E-state index contributed by atoms with van der Waals surface area (Å²) in [5.74, 6) is 3.41. The molecule has 0 aliphatic heterocycles. The average Bonchev–Trinajstić information content (AvgIpc) is 2.85. The summed E-state index contributed by atoms with van der Waals surface area (Å²) in [6.07, 6.45) is 4.05. The molecule has 3 fully saturated rings. The van der Waals surface area contributed by atoms with Gasteiger partial charge in [0.2, 0.25) is 5.91 Å². The Morgan fingerprint density at radius 1 is 1.30 bits per heavy atom. The van der Waals surface area contributed by atoms with Gasteiger partial charge in [0.05, 0.1) is 11.4 Å². The zero-order valence-corrected chi connectivity index (χ0v) is 13.1. The van der Waals surface area contributed by atoms with E-state index in [0.29, 0.717) is 17.5 Å². The first-order valence-corrected chi connectivity index (χ1v) is 8.22. The Bertz CT molecular complexity index is 584. The minimum Gasteiger partial charge on any atom is -0.397 e. The number of hydrogen-bond acceptors (Lipinski definition) is 2. The molecule has 2 bridgehead atoms. The fourth-order valence-electron chi connectivity index (χ4n) is 4.75. The second kappa shape index (κ2) is 4.23. The fraction of sp³-hybridized carbons (Fsp3) is 0.562. The van der Waals surface area contributed by atoms with Gasteiger partial charge in [-0.2, -0.15) is 0 Å². The van der Waals surface area contributed by atoms with Gasteiger partial charge in [-0.05, 0) is 67.6 Å². The minimum absolute atomic E-state index is 0.181. The van der Waals surface area contributed by atoms with E-state index in [1.807, 2.05) is 19.1 Å². The molecule has 4 heteroatoms. The Kier molecular flexibility index (Phi) is 2.69. The van der Waals surface area contributed by atoms with Gasteiger partial charge in [-0.15, -0.1) is 0 Å². The van der Waals surface area contributed by atoms with Crippen molar-refractivity contribution in [2.75, 3.05) is 11.1 Å². The summed E-state index contributed by atoms with van der Waals surface area (Å²) in [5.41, 5.74) is 8.48. The summed E-state index contributed by atoms with van der Waals surface area (Å²) >= 11 is 3.46. The summed E-state index contributed by atoms with van der Waals surface area (Å²) in [6.45, 7) is 1.96. The number of halogens is 1. The third-order valence-electron chi connectivity index (χ3n) is 5.65. The molecule has 106 valence electrons. The second-order valence-corrected chi connectivity index (χ2v) is 7.60. The predicted molar refractivity (Wildman–Crippen MR) is 83.2 cm³/mol. The van der Waals surface area contributed by atoms with Gasteiger partial charge in [0.1, 0.15) is 0 Å². The summed E-state index contributed by atoms with van der Waals surface area (Å²) in [4.78, 5) is 12.5. The van der Waals surface area contributed by atoms with E-state index in [-0.39, 0.29) is 11.8 Å². The van der Waals surface area contributed by atoms with E-state index in [1.54, 1.807) is 0 Å². The molecule has 3 aliphatic carbocycles. The SMILES string of the molecule is Cc1cc(Br)cc(NC(=O)C2C3C4CCC(C4)C23)c1N. The second-order valence-electron chi connectivity index (χ2n) is 6.69. The van der Waals surface area contributed by atoms with Crippen molar-refractivity contribution in [3.05, 3.63) is 22.2 Å². The van der Waals surface area contributed by atoms with Crippen LogP contribution in [0.2, 0.25) is 0 Å². The molecule has 4 atom stereocenters. The third-order valence-corrected chi connectivity index (χ3v) is 6.11. The van der Waals surface area contributed by atoms with Crippen molar-refractivity contribution >= 4 is 33.2 Å². The van der Waals surface area contributed by atoms with Crippen molar-refractivity contribution in [1.82, 2.24) is 0 Å². The van der Waals surface area contributed by atoms with Gasteiger partial charge >= 0.3 is 0 Å². The lowest BCUT2D eigenvalue weighted by Crippen LogP contribution is -2.19. The van der Waals surface area contributed by atoms with Crippen LogP contribution in [0, 0.1) is 36.5 Å². The first-order valence-electron chi connectivity index (χ1n) is 7.42. The number of hydrogen-bond donors (Lipinski definition) is 2. The van der Waals surface area contributed by atoms with Gasteiger partial charge in [0, 0.05) is 10.4 Å². The molecule has 20 heavy (non-hydrogen) atoms. The first kappa shape index (κ1) is 12.7. The number of nitrogen functional groups attached to an aromatic ring is 1. The van der Waals surface area contributed by atoms with Gasteiger partial charge in [-0.3, -0.25) is 4.79 Å². The lowest BCUT2D eigenvalue weighted by molar-refractivity contribution is -0.118. The molecule has 4 rings (SSSR count). The molecule has 3 N–H and O–H groups in total. The first-order chi connectivity index (χ1) is 9.56. The van der Waals surface area contributed by atoms with Gasteiger partial charge < -0.3 is 11.1 Å². The summed E-state index contributed by atoms with van der Waals surface area (Å²) in [7, 11) is 0. The zero-order chi connectivity index (χ0) is 14.0. The fourth-order valence-corrected chi connectivity index (χ4v) is 5.32. The molecule has 3 saturated carbocycles. The largest absolute Gasteiger partial charge is 0.397 e. The molecule has 0 heterocycles. The Morgan fingerprint density at radius 3 is 2.60 bits per heavy atom. The van der Waals surface area contributed by atoms with E-state index in [4.69, 9.17) is 5.73 Å². The number of aryl methyl sites for hydroxylation is 1. The Balaban J connectivity index is 1.52. The number of rotatable bonds is 2. The van der Waals surface area contributed by atoms with Crippen molar-refractivity contribution in [3.63, 3.8) is 0 Å². The highest BCUT2D eigenvalue weighted by Gasteiger charge is 2.67. The molecule has 0 radical (unpaired) electrons. The number of amides is 1. The zero-order valence-electron chi connectivity index (χ0n) is 11.5. The van der Waals surface area contributed by atoms with Crippen LogP contribution in [-0.2, 0) is 4.79 Å². The third kappa shape index (κ3) is 1.73. The number of carbonyl (C=O) groups excluding carboxylic acids is 1. The highest BCUT2D eigenvalue weighted by molar-refractivity contribution is 9.10. The van der Waals surface area contributed by atoms with Crippen molar-refractivity contribution in [2.24, 2.45) is 29.6 Å². The average molecular weight is 335 g/mol. The summed E-state index contributed by atoms with van der Waals surface area (Å²) in [6, 6.07) is 3.87. The molecule has 1 aromatic rings. The number of benzene rings is 1. The van der Waals surface area contributed by atoms with Crippen LogP contribution in [0.1, 0.15) is 24.8 Å². The van der Waals surface area contributed by atoms with Crippen LogP contribution in [0.4, 0.5) is 11.4 Å². The van der Waals surface area contributed by atoms with E-state index < -0.39 is 0 Å². The normalized spacial score (nSPS) is 36.8. The van der Waals surface area contributed by atoms with Gasteiger partial charge in [-0.1, -0.05) is 15.9 Å². The molecular formula is C16H19BrN2O. The van der Waals surface area contributed by atoms with E-state index in [2.05, 4.69) is 21.2 Å². The number of nitrogens with one attached hydrogen (secondary N) is 1. The quantitative estimate of drug-likeness (QED) is 0.812. The number of nitrogens with two attached hydrogens (primary N) is 1. The van der Waals surface area contributed by atoms with Crippen LogP contribution in [0.3, 0.4) is 0 Å². The molecule has 0 saturated heterocycles. The lowest BCUT2D eigenvalue weighted by atomic mass is 10.0.